The molecule has 0 bridgehead atoms. The van der Waals surface area contributed by atoms with Crippen molar-refractivity contribution in [2.45, 2.75) is 32.0 Å². The maximum Gasteiger partial charge on any atom is 0.119 e. The standard InChI is InChI=1S/C17H23NO3/c1-3-4-9-20-16-7-5-15(6-8-16)10-18-11-17(12-19)21-13-14(18)2/h1,5-8,14,17,19H,4,9-13H2,2H3. The molecule has 114 valence electrons. The molecule has 2 unspecified atom stereocenters. The lowest BCUT2D eigenvalue weighted by Crippen LogP contribution is -2.48. The normalized spacial score (nSPS) is 22.7. The molecule has 0 spiro atoms. The van der Waals surface area contributed by atoms with Crippen LogP contribution >= 0.6 is 0 Å². The molecule has 4 nitrogen and oxygen atoms in total. The van der Waals surface area contributed by atoms with Gasteiger partial charge in [-0.3, -0.25) is 4.90 Å². The summed E-state index contributed by atoms with van der Waals surface area (Å²) in [7, 11) is 0. The molecule has 1 heterocycles. The van der Waals surface area contributed by atoms with E-state index in [4.69, 9.17) is 15.9 Å². The van der Waals surface area contributed by atoms with Gasteiger partial charge < -0.3 is 14.6 Å². The summed E-state index contributed by atoms with van der Waals surface area (Å²) in [5, 5.41) is 9.22. The Kier molecular flexibility index (Phi) is 6.06. The van der Waals surface area contributed by atoms with Crippen LogP contribution in [0.4, 0.5) is 0 Å². The topological polar surface area (TPSA) is 41.9 Å². The lowest BCUT2D eigenvalue weighted by atomic mass is 10.1. The van der Waals surface area contributed by atoms with Crippen molar-refractivity contribution in [3.63, 3.8) is 0 Å². The van der Waals surface area contributed by atoms with Gasteiger partial charge in [-0.1, -0.05) is 12.1 Å². The summed E-state index contributed by atoms with van der Waals surface area (Å²) >= 11 is 0. The second-order valence-electron chi connectivity index (χ2n) is 5.36. The highest BCUT2D eigenvalue weighted by Gasteiger charge is 2.25. The summed E-state index contributed by atoms with van der Waals surface area (Å²) in [6.07, 6.45) is 5.74. The second kappa shape index (κ2) is 8.04. The van der Waals surface area contributed by atoms with Crippen molar-refractivity contribution in [1.29, 1.82) is 0 Å². The number of nitrogens with zero attached hydrogens (tertiary/aromatic N) is 1. The van der Waals surface area contributed by atoms with E-state index in [1.165, 1.54) is 5.56 Å². The Labute approximate surface area is 126 Å². The average Bonchev–Trinajstić information content (AvgIpc) is 2.51. The molecule has 1 aromatic rings. The van der Waals surface area contributed by atoms with Gasteiger partial charge in [-0.25, -0.2) is 0 Å². The molecule has 1 saturated heterocycles. The Morgan fingerprint density at radius 3 is 2.86 bits per heavy atom. The minimum absolute atomic E-state index is 0.0746. The summed E-state index contributed by atoms with van der Waals surface area (Å²) in [6.45, 7) is 5.05. The number of benzene rings is 1. The number of hydrogen-bond donors (Lipinski definition) is 1. The Morgan fingerprint density at radius 2 is 2.19 bits per heavy atom. The largest absolute Gasteiger partial charge is 0.493 e. The summed E-state index contributed by atoms with van der Waals surface area (Å²) < 4.78 is 11.1. The highest BCUT2D eigenvalue weighted by atomic mass is 16.5. The van der Waals surface area contributed by atoms with Crippen molar-refractivity contribution in [2.24, 2.45) is 0 Å². The maximum absolute atomic E-state index is 9.22. The molecule has 0 saturated carbocycles. The fraction of sp³-hybridized carbons (Fsp3) is 0.529. The van der Waals surface area contributed by atoms with Crippen molar-refractivity contribution >= 4 is 0 Å². The molecule has 0 aromatic heterocycles. The van der Waals surface area contributed by atoms with Gasteiger partial charge in [0.1, 0.15) is 5.75 Å². The molecule has 1 aromatic carbocycles. The second-order valence-corrected chi connectivity index (χ2v) is 5.36. The van der Waals surface area contributed by atoms with E-state index in [0.717, 1.165) is 18.8 Å². The van der Waals surface area contributed by atoms with Gasteiger partial charge in [-0.15, -0.1) is 12.3 Å². The van der Waals surface area contributed by atoms with Crippen molar-refractivity contribution in [3.05, 3.63) is 29.8 Å². The fourth-order valence-corrected chi connectivity index (χ4v) is 2.36. The molecule has 0 amide bonds. The van der Waals surface area contributed by atoms with Crippen molar-refractivity contribution in [3.8, 4) is 18.1 Å². The van der Waals surface area contributed by atoms with Crippen LogP contribution in [0.15, 0.2) is 24.3 Å². The van der Waals surface area contributed by atoms with Crippen LogP contribution in [0.2, 0.25) is 0 Å². The van der Waals surface area contributed by atoms with Crippen molar-refractivity contribution < 1.29 is 14.6 Å². The molecule has 21 heavy (non-hydrogen) atoms. The first kappa shape index (κ1) is 15.8. The molecule has 1 fully saturated rings. The zero-order valence-corrected chi connectivity index (χ0v) is 12.5. The van der Waals surface area contributed by atoms with Gasteiger partial charge in [0.05, 0.1) is 25.9 Å². The van der Waals surface area contributed by atoms with Crippen LogP contribution in [-0.4, -0.2) is 48.5 Å². The van der Waals surface area contributed by atoms with Crippen LogP contribution in [0.1, 0.15) is 18.9 Å². The van der Waals surface area contributed by atoms with E-state index in [2.05, 4.69) is 29.9 Å². The monoisotopic (exact) mass is 289 g/mol. The predicted molar refractivity (Wildman–Crippen MR) is 82.1 cm³/mol. The lowest BCUT2D eigenvalue weighted by Gasteiger charge is -2.37. The highest BCUT2D eigenvalue weighted by Crippen LogP contribution is 2.18. The van der Waals surface area contributed by atoms with E-state index < -0.39 is 0 Å². The molecule has 1 N–H and O–H groups in total. The highest BCUT2D eigenvalue weighted by molar-refractivity contribution is 5.27. The third-order valence-electron chi connectivity index (χ3n) is 3.66. The number of terminal acetylenes is 1. The van der Waals surface area contributed by atoms with E-state index in [1.54, 1.807) is 0 Å². The zero-order valence-electron chi connectivity index (χ0n) is 12.5. The molecule has 2 atom stereocenters. The number of aliphatic hydroxyl groups excluding tert-OH is 1. The Bertz CT molecular complexity index is 466. The third-order valence-corrected chi connectivity index (χ3v) is 3.66. The van der Waals surface area contributed by atoms with E-state index in [1.807, 2.05) is 12.1 Å². The fourth-order valence-electron chi connectivity index (χ4n) is 2.36. The van der Waals surface area contributed by atoms with Gasteiger partial charge in [0.15, 0.2) is 0 Å². The van der Waals surface area contributed by atoms with E-state index in [9.17, 15) is 5.11 Å². The molecular weight excluding hydrogens is 266 g/mol. The Balaban J connectivity index is 1.88. The SMILES string of the molecule is C#CCCOc1ccc(CN2CC(CO)OCC2C)cc1. The smallest absolute Gasteiger partial charge is 0.119 e. The van der Waals surface area contributed by atoms with Crippen LogP contribution in [0.25, 0.3) is 0 Å². The minimum atomic E-state index is -0.0763. The molecule has 0 radical (unpaired) electrons. The van der Waals surface area contributed by atoms with Crippen LogP contribution in [0.3, 0.4) is 0 Å². The van der Waals surface area contributed by atoms with E-state index >= 15 is 0 Å². The van der Waals surface area contributed by atoms with Gasteiger partial charge >= 0.3 is 0 Å². The molecular formula is C17H23NO3. The molecule has 1 aliphatic rings. The Hall–Kier alpha value is -1.54. The van der Waals surface area contributed by atoms with Crippen LogP contribution < -0.4 is 4.74 Å². The minimum Gasteiger partial charge on any atom is -0.493 e. The first-order valence-electron chi connectivity index (χ1n) is 7.34. The van der Waals surface area contributed by atoms with E-state index in [-0.39, 0.29) is 12.7 Å². The zero-order chi connectivity index (χ0) is 15.1. The van der Waals surface area contributed by atoms with Gasteiger partial charge in [-0.2, -0.15) is 0 Å². The van der Waals surface area contributed by atoms with E-state index in [0.29, 0.717) is 25.7 Å². The van der Waals surface area contributed by atoms with Gasteiger partial charge in [0.2, 0.25) is 0 Å². The summed E-state index contributed by atoms with van der Waals surface area (Å²) in [5.41, 5.74) is 1.23. The molecule has 4 heteroatoms. The molecule has 2 rings (SSSR count). The van der Waals surface area contributed by atoms with Crippen molar-refractivity contribution in [2.75, 3.05) is 26.4 Å². The first-order chi connectivity index (χ1) is 10.2. The number of ether oxygens (including phenoxy) is 2. The van der Waals surface area contributed by atoms with Crippen LogP contribution in [-0.2, 0) is 11.3 Å². The van der Waals surface area contributed by atoms with Gasteiger partial charge in [0.25, 0.3) is 0 Å². The quantitative estimate of drug-likeness (QED) is 0.639. The number of hydrogen-bond acceptors (Lipinski definition) is 4. The summed E-state index contributed by atoms with van der Waals surface area (Å²) in [4.78, 5) is 2.33. The maximum atomic E-state index is 9.22. The molecule has 1 aliphatic heterocycles. The van der Waals surface area contributed by atoms with Crippen LogP contribution in [0.5, 0.6) is 5.75 Å². The lowest BCUT2D eigenvalue weighted by molar-refractivity contribution is -0.0805. The van der Waals surface area contributed by atoms with Crippen molar-refractivity contribution in [1.82, 2.24) is 4.90 Å². The molecule has 0 aliphatic carbocycles. The first-order valence-corrected chi connectivity index (χ1v) is 7.34. The number of aliphatic hydroxyl groups is 1. The Morgan fingerprint density at radius 1 is 1.43 bits per heavy atom. The average molecular weight is 289 g/mol. The third kappa shape index (κ3) is 4.75. The van der Waals surface area contributed by atoms with Crippen LogP contribution in [0, 0.1) is 12.3 Å². The number of morpholine rings is 1. The predicted octanol–water partition coefficient (Wildman–Crippen LogP) is 1.67. The summed E-state index contributed by atoms with van der Waals surface area (Å²) in [5.74, 6) is 3.40. The van der Waals surface area contributed by atoms with Gasteiger partial charge in [-0.05, 0) is 24.6 Å². The van der Waals surface area contributed by atoms with Gasteiger partial charge in [0, 0.05) is 25.6 Å². The summed E-state index contributed by atoms with van der Waals surface area (Å²) in [6, 6.07) is 8.45. The number of rotatable bonds is 6.